The Bertz CT molecular complexity index is 387. The molecule has 0 amide bonds. The number of hydrogen-bond acceptors (Lipinski definition) is 3. The number of likely N-dealkylation sites (N-methyl/N-ethyl adjacent to an activating group) is 1. The molecular formula is C11H18ClN3O. The molecule has 16 heavy (non-hydrogen) atoms. The lowest BCUT2D eigenvalue weighted by atomic mass is 10.1. The third kappa shape index (κ3) is 2.62. The number of nitrogens with one attached hydrogen (secondary N) is 1. The van der Waals surface area contributed by atoms with Crippen LogP contribution in [0.2, 0.25) is 5.02 Å². The van der Waals surface area contributed by atoms with Crippen molar-refractivity contribution in [1.29, 1.82) is 0 Å². The second-order valence-corrected chi connectivity index (χ2v) is 4.22. The summed E-state index contributed by atoms with van der Waals surface area (Å²) in [6.07, 6.45) is 1.10. The van der Waals surface area contributed by atoms with Gasteiger partial charge in [-0.3, -0.25) is 9.48 Å². The van der Waals surface area contributed by atoms with Gasteiger partial charge in [0.2, 0.25) is 0 Å². The van der Waals surface area contributed by atoms with Crippen LogP contribution in [0.5, 0.6) is 0 Å². The number of aryl methyl sites for hydroxylation is 2. The van der Waals surface area contributed by atoms with E-state index in [1.807, 2.05) is 20.9 Å². The van der Waals surface area contributed by atoms with Gasteiger partial charge in [-0.25, -0.2) is 0 Å². The Balaban J connectivity index is 2.89. The summed E-state index contributed by atoms with van der Waals surface area (Å²) in [6, 6.07) is -0.156. The van der Waals surface area contributed by atoms with Gasteiger partial charge in [-0.15, -0.1) is 0 Å². The molecule has 1 atom stereocenters. The van der Waals surface area contributed by atoms with Crippen LogP contribution in [0.1, 0.15) is 25.2 Å². The van der Waals surface area contributed by atoms with Gasteiger partial charge in [-0.05, 0) is 20.4 Å². The molecule has 0 spiro atoms. The lowest BCUT2D eigenvalue weighted by Gasteiger charge is -2.09. The molecule has 0 saturated heterocycles. The van der Waals surface area contributed by atoms with Crippen LogP contribution >= 0.6 is 11.6 Å². The number of ketones is 1. The minimum absolute atomic E-state index is 0.120. The molecule has 1 rings (SSSR count). The largest absolute Gasteiger partial charge is 0.311 e. The highest BCUT2D eigenvalue weighted by atomic mass is 35.5. The maximum Gasteiger partial charge on any atom is 0.155 e. The molecule has 0 aliphatic heterocycles. The van der Waals surface area contributed by atoms with Crippen molar-refractivity contribution in [2.24, 2.45) is 7.05 Å². The molecular weight excluding hydrogens is 226 g/mol. The third-order valence-electron chi connectivity index (χ3n) is 2.76. The zero-order valence-electron chi connectivity index (χ0n) is 10.2. The predicted octanol–water partition coefficient (Wildman–Crippen LogP) is 1.36. The van der Waals surface area contributed by atoms with E-state index in [-0.39, 0.29) is 11.8 Å². The van der Waals surface area contributed by atoms with Crippen LogP contribution < -0.4 is 5.32 Å². The fourth-order valence-electron chi connectivity index (χ4n) is 1.49. The van der Waals surface area contributed by atoms with Gasteiger partial charge in [-0.2, -0.15) is 5.10 Å². The first-order valence-electron chi connectivity index (χ1n) is 5.41. The number of nitrogens with zero attached hydrogens (tertiary/aromatic N) is 2. The van der Waals surface area contributed by atoms with Crippen LogP contribution in [0.15, 0.2) is 0 Å². The highest BCUT2D eigenvalue weighted by Crippen LogP contribution is 2.21. The van der Waals surface area contributed by atoms with Gasteiger partial charge >= 0.3 is 0 Å². The molecule has 1 aromatic heterocycles. The summed E-state index contributed by atoms with van der Waals surface area (Å²) in [7, 11) is 3.59. The summed E-state index contributed by atoms with van der Waals surface area (Å²) in [6.45, 7) is 3.84. The predicted molar refractivity (Wildman–Crippen MR) is 64.8 cm³/mol. The Morgan fingerprint density at radius 1 is 1.62 bits per heavy atom. The maximum atomic E-state index is 11.8. The van der Waals surface area contributed by atoms with Crippen LogP contribution in [0.4, 0.5) is 0 Å². The first-order valence-corrected chi connectivity index (χ1v) is 5.79. The van der Waals surface area contributed by atoms with Crippen molar-refractivity contribution in [1.82, 2.24) is 15.1 Å². The maximum absolute atomic E-state index is 11.8. The molecule has 90 valence electrons. The normalized spacial score (nSPS) is 12.8. The summed E-state index contributed by atoms with van der Waals surface area (Å²) in [5, 5.41) is 7.83. The van der Waals surface area contributed by atoms with Gasteiger partial charge in [0.1, 0.15) is 0 Å². The van der Waals surface area contributed by atoms with E-state index in [1.54, 1.807) is 11.7 Å². The van der Waals surface area contributed by atoms with Crippen LogP contribution in [0.3, 0.4) is 0 Å². The highest BCUT2D eigenvalue weighted by molar-refractivity contribution is 6.32. The average Bonchev–Trinajstić information content (AvgIpc) is 2.55. The fraction of sp³-hybridized carbons (Fsp3) is 0.636. The second kappa shape index (κ2) is 5.46. The Morgan fingerprint density at radius 3 is 2.69 bits per heavy atom. The third-order valence-corrected chi connectivity index (χ3v) is 3.20. The van der Waals surface area contributed by atoms with E-state index in [0.29, 0.717) is 11.4 Å². The lowest BCUT2D eigenvalue weighted by Crippen LogP contribution is -2.32. The quantitative estimate of drug-likeness (QED) is 0.850. The van der Waals surface area contributed by atoms with Crippen molar-refractivity contribution >= 4 is 17.4 Å². The molecule has 0 aliphatic rings. The van der Waals surface area contributed by atoms with E-state index < -0.39 is 0 Å². The van der Waals surface area contributed by atoms with Gasteiger partial charge in [-0.1, -0.05) is 18.5 Å². The van der Waals surface area contributed by atoms with E-state index in [4.69, 9.17) is 11.6 Å². The number of carbonyl (C=O) groups is 1. The molecule has 4 nitrogen and oxygen atoms in total. The van der Waals surface area contributed by atoms with E-state index in [1.165, 1.54) is 0 Å². The molecule has 1 N–H and O–H groups in total. The van der Waals surface area contributed by atoms with Crippen molar-refractivity contribution < 1.29 is 4.79 Å². The monoisotopic (exact) mass is 243 g/mol. The van der Waals surface area contributed by atoms with Crippen molar-refractivity contribution in [3.05, 3.63) is 16.4 Å². The van der Waals surface area contributed by atoms with E-state index in [0.717, 1.165) is 17.8 Å². The Labute approximate surface area is 101 Å². The fourth-order valence-corrected chi connectivity index (χ4v) is 1.85. The summed E-state index contributed by atoms with van der Waals surface area (Å²) < 4.78 is 1.70. The summed E-state index contributed by atoms with van der Waals surface area (Å²) in [5.41, 5.74) is 1.65. The Hall–Kier alpha value is -0.870. The van der Waals surface area contributed by atoms with Crippen LogP contribution in [0, 0.1) is 0 Å². The number of carbonyl (C=O) groups excluding carboxylic acids is 1. The average molecular weight is 244 g/mol. The van der Waals surface area contributed by atoms with Gasteiger partial charge in [0, 0.05) is 7.05 Å². The first-order chi connectivity index (χ1) is 7.51. The molecule has 1 unspecified atom stereocenters. The molecule has 0 bridgehead atoms. The number of aromatic nitrogens is 2. The summed E-state index contributed by atoms with van der Waals surface area (Å²) in [4.78, 5) is 11.8. The smallest absolute Gasteiger partial charge is 0.155 e. The molecule has 5 heteroatoms. The molecule has 1 heterocycles. The van der Waals surface area contributed by atoms with Gasteiger partial charge in [0.25, 0.3) is 0 Å². The summed E-state index contributed by atoms with van der Waals surface area (Å²) >= 11 is 6.17. The number of Topliss-reactive ketones (excluding diaryl/α,β-unsaturated/α-hetero) is 1. The number of hydrogen-bond donors (Lipinski definition) is 1. The molecule has 0 radical (unpaired) electrons. The minimum Gasteiger partial charge on any atom is -0.311 e. The molecule has 0 saturated carbocycles. The van der Waals surface area contributed by atoms with Crippen molar-refractivity contribution in [3.63, 3.8) is 0 Å². The zero-order chi connectivity index (χ0) is 12.3. The molecule has 0 aliphatic carbocycles. The topological polar surface area (TPSA) is 46.9 Å². The van der Waals surface area contributed by atoms with Gasteiger partial charge in [0.05, 0.1) is 28.9 Å². The van der Waals surface area contributed by atoms with Crippen molar-refractivity contribution in [2.75, 3.05) is 7.05 Å². The van der Waals surface area contributed by atoms with Gasteiger partial charge < -0.3 is 5.32 Å². The molecule has 0 fully saturated rings. The minimum atomic E-state index is -0.156. The van der Waals surface area contributed by atoms with E-state index >= 15 is 0 Å². The second-order valence-electron chi connectivity index (χ2n) is 3.84. The standard InChI is InChI=1S/C11H18ClN3O/c1-5-8-11(12)9(15(4)14-8)6-10(16)7(2)13-3/h7,13H,5-6H2,1-4H3. The summed E-state index contributed by atoms with van der Waals surface area (Å²) in [5.74, 6) is 0.120. The van der Waals surface area contributed by atoms with Crippen LogP contribution in [0.25, 0.3) is 0 Å². The van der Waals surface area contributed by atoms with Gasteiger partial charge in [0.15, 0.2) is 5.78 Å². The van der Waals surface area contributed by atoms with Crippen LogP contribution in [-0.4, -0.2) is 28.7 Å². The first kappa shape index (κ1) is 13.2. The van der Waals surface area contributed by atoms with Crippen molar-refractivity contribution in [3.8, 4) is 0 Å². The molecule has 0 aromatic carbocycles. The molecule has 1 aromatic rings. The van der Waals surface area contributed by atoms with Crippen LogP contribution in [-0.2, 0) is 24.7 Å². The van der Waals surface area contributed by atoms with E-state index in [2.05, 4.69) is 10.4 Å². The SMILES string of the molecule is CCc1nn(C)c(CC(=O)C(C)NC)c1Cl. The Morgan fingerprint density at radius 2 is 2.25 bits per heavy atom. The number of halogens is 1. The lowest BCUT2D eigenvalue weighted by molar-refractivity contribution is -0.120. The number of rotatable bonds is 5. The zero-order valence-corrected chi connectivity index (χ0v) is 10.9. The highest BCUT2D eigenvalue weighted by Gasteiger charge is 2.18. The Kier molecular flexibility index (Phi) is 4.50. The van der Waals surface area contributed by atoms with Crippen molar-refractivity contribution in [2.45, 2.75) is 32.7 Å². The van der Waals surface area contributed by atoms with E-state index in [9.17, 15) is 4.79 Å².